The highest BCUT2D eigenvalue weighted by atomic mass is 35.5. The summed E-state index contributed by atoms with van der Waals surface area (Å²) in [4.78, 5) is 15.3. The van der Waals surface area contributed by atoms with Crippen LogP contribution in [0.25, 0.3) is 0 Å². The Morgan fingerprint density at radius 1 is 1.65 bits per heavy atom. The number of aromatic nitrogens is 1. The van der Waals surface area contributed by atoms with E-state index in [1.165, 1.54) is 0 Å². The molecule has 1 aromatic heterocycles. The molecule has 1 aliphatic heterocycles. The summed E-state index contributed by atoms with van der Waals surface area (Å²) in [6.45, 7) is 4.04. The monoisotopic (exact) mass is 256 g/mol. The van der Waals surface area contributed by atoms with Gasteiger partial charge in [-0.05, 0) is 37.6 Å². The Morgan fingerprint density at radius 3 is 3.00 bits per heavy atom. The van der Waals surface area contributed by atoms with Gasteiger partial charge in [-0.15, -0.1) is 12.4 Å². The van der Waals surface area contributed by atoms with Gasteiger partial charge in [0.2, 0.25) is 0 Å². The molecular weight excluding hydrogens is 240 g/mol. The van der Waals surface area contributed by atoms with Crippen LogP contribution in [0.5, 0.6) is 0 Å². The maximum Gasteiger partial charge on any atom is 0.337 e. The van der Waals surface area contributed by atoms with E-state index >= 15 is 0 Å². The van der Waals surface area contributed by atoms with Crippen LogP contribution in [0, 0.1) is 5.92 Å². The number of aromatic carboxylic acids is 1. The van der Waals surface area contributed by atoms with E-state index in [2.05, 4.69) is 17.2 Å². The predicted octanol–water partition coefficient (Wildman–Crippen LogP) is 1.91. The lowest BCUT2D eigenvalue weighted by Crippen LogP contribution is -2.17. The van der Waals surface area contributed by atoms with Gasteiger partial charge in [-0.1, -0.05) is 6.92 Å². The van der Waals surface area contributed by atoms with Gasteiger partial charge >= 0.3 is 5.97 Å². The van der Waals surface area contributed by atoms with Gasteiger partial charge in [-0.2, -0.15) is 0 Å². The number of hydrogen-bond donors (Lipinski definition) is 2. The quantitative estimate of drug-likeness (QED) is 0.867. The summed E-state index contributed by atoms with van der Waals surface area (Å²) < 4.78 is 0. The second-order valence-corrected chi connectivity index (χ2v) is 4.28. The zero-order valence-electron chi connectivity index (χ0n) is 9.72. The second-order valence-electron chi connectivity index (χ2n) is 4.28. The lowest BCUT2D eigenvalue weighted by atomic mass is 9.88. The molecule has 17 heavy (non-hydrogen) atoms. The molecular formula is C12H17ClN2O2. The molecule has 0 aliphatic carbocycles. The van der Waals surface area contributed by atoms with E-state index < -0.39 is 5.97 Å². The summed E-state index contributed by atoms with van der Waals surface area (Å²) in [7, 11) is 0. The molecule has 2 rings (SSSR count). The molecule has 2 atom stereocenters. The minimum Gasteiger partial charge on any atom is -0.478 e. The molecule has 2 unspecified atom stereocenters. The molecule has 1 fully saturated rings. The molecule has 0 amide bonds. The number of carbonyl (C=O) groups is 1. The lowest BCUT2D eigenvalue weighted by molar-refractivity contribution is 0.0694. The fourth-order valence-electron chi connectivity index (χ4n) is 2.29. The highest BCUT2D eigenvalue weighted by molar-refractivity contribution is 5.89. The molecule has 94 valence electrons. The highest BCUT2D eigenvalue weighted by Gasteiger charge is 2.26. The van der Waals surface area contributed by atoms with Crippen molar-refractivity contribution in [3.8, 4) is 0 Å². The van der Waals surface area contributed by atoms with Crippen LogP contribution in [0.2, 0.25) is 0 Å². The van der Waals surface area contributed by atoms with Gasteiger partial charge in [-0.3, -0.25) is 4.98 Å². The standard InChI is InChI=1S/C12H16N2O2.ClH/c1-8(9-4-6-13-7-9)11-10(12(15)16)3-2-5-14-11;/h2-3,5,8-9,13H,4,6-7H2,1H3,(H,15,16);1H. The van der Waals surface area contributed by atoms with E-state index in [0.29, 0.717) is 17.2 Å². The Hall–Kier alpha value is -1.13. The van der Waals surface area contributed by atoms with Crippen molar-refractivity contribution in [2.45, 2.75) is 19.3 Å². The second kappa shape index (κ2) is 5.98. The normalized spacial score (nSPS) is 20.6. The number of carboxylic acids is 1. The molecule has 0 saturated carbocycles. The van der Waals surface area contributed by atoms with E-state index in [4.69, 9.17) is 5.11 Å². The van der Waals surface area contributed by atoms with Crippen molar-refractivity contribution < 1.29 is 9.90 Å². The van der Waals surface area contributed by atoms with Crippen molar-refractivity contribution in [3.63, 3.8) is 0 Å². The van der Waals surface area contributed by atoms with Crippen LogP contribution >= 0.6 is 12.4 Å². The highest BCUT2D eigenvalue weighted by Crippen LogP contribution is 2.29. The largest absolute Gasteiger partial charge is 0.478 e. The molecule has 0 spiro atoms. The summed E-state index contributed by atoms with van der Waals surface area (Å²) >= 11 is 0. The van der Waals surface area contributed by atoms with Gasteiger partial charge in [0, 0.05) is 12.1 Å². The molecule has 4 nitrogen and oxygen atoms in total. The fraction of sp³-hybridized carbons (Fsp3) is 0.500. The van der Waals surface area contributed by atoms with Crippen LogP contribution < -0.4 is 5.32 Å². The maximum absolute atomic E-state index is 11.1. The third kappa shape index (κ3) is 2.96. The van der Waals surface area contributed by atoms with Gasteiger partial charge in [0.05, 0.1) is 11.3 Å². The first-order valence-electron chi connectivity index (χ1n) is 5.59. The summed E-state index contributed by atoms with van der Waals surface area (Å²) in [5.74, 6) is -0.198. The first-order valence-corrected chi connectivity index (χ1v) is 5.59. The minimum atomic E-state index is -0.888. The fourth-order valence-corrected chi connectivity index (χ4v) is 2.29. The van der Waals surface area contributed by atoms with Crippen LogP contribution in [0.15, 0.2) is 18.3 Å². The topological polar surface area (TPSA) is 62.2 Å². The molecule has 2 N–H and O–H groups in total. The van der Waals surface area contributed by atoms with Gasteiger partial charge in [0.1, 0.15) is 0 Å². The van der Waals surface area contributed by atoms with Gasteiger partial charge in [-0.25, -0.2) is 4.79 Å². The smallest absolute Gasteiger partial charge is 0.337 e. The van der Waals surface area contributed by atoms with Crippen LogP contribution in [-0.4, -0.2) is 29.1 Å². The van der Waals surface area contributed by atoms with E-state index in [1.807, 2.05) is 0 Å². The number of halogens is 1. The maximum atomic E-state index is 11.1. The van der Waals surface area contributed by atoms with Crippen molar-refractivity contribution in [2.24, 2.45) is 5.92 Å². The zero-order valence-corrected chi connectivity index (χ0v) is 10.5. The van der Waals surface area contributed by atoms with Crippen LogP contribution in [-0.2, 0) is 0 Å². The first-order chi connectivity index (χ1) is 7.70. The van der Waals surface area contributed by atoms with Crippen molar-refractivity contribution in [1.29, 1.82) is 0 Å². The zero-order chi connectivity index (χ0) is 11.5. The molecule has 1 aliphatic rings. The first kappa shape index (κ1) is 13.9. The van der Waals surface area contributed by atoms with Crippen molar-refractivity contribution >= 4 is 18.4 Å². The summed E-state index contributed by atoms with van der Waals surface area (Å²) in [6, 6.07) is 3.30. The molecule has 2 heterocycles. The van der Waals surface area contributed by atoms with Crippen molar-refractivity contribution in [2.75, 3.05) is 13.1 Å². The van der Waals surface area contributed by atoms with Gasteiger partial charge in [0.25, 0.3) is 0 Å². The SMILES string of the molecule is CC(c1ncccc1C(=O)O)C1CCNC1.Cl. The predicted molar refractivity (Wildman–Crippen MR) is 67.8 cm³/mol. The van der Waals surface area contributed by atoms with E-state index in [9.17, 15) is 4.79 Å². The van der Waals surface area contributed by atoms with Gasteiger partial charge in [0.15, 0.2) is 0 Å². The summed E-state index contributed by atoms with van der Waals surface area (Å²) in [5.41, 5.74) is 1.05. The Kier molecular flexibility index (Phi) is 4.90. The van der Waals surface area contributed by atoms with Crippen molar-refractivity contribution in [1.82, 2.24) is 10.3 Å². The number of nitrogens with one attached hydrogen (secondary N) is 1. The Balaban J connectivity index is 0.00000144. The Bertz CT molecular complexity index is 392. The van der Waals surface area contributed by atoms with E-state index in [-0.39, 0.29) is 18.3 Å². The van der Waals surface area contributed by atoms with Gasteiger partial charge < -0.3 is 10.4 Å². The third-order valence-corrected chi connectivity index (χ3v) is 3.31. The van der Waals surface area contributed by atoms with Crippen LogP contribution in [0.4, 0.5) is 0 Å². The molecule has 1 aromatic rings. The van der Waals surface area contributed by atoms with Crippen LogP contribution in [0.1, 0.15) is 35.3 Å². The number of nitrogens with zero attached hydrogens (tertiary/aromatic N) is 1. The Morgan fingerprint density at radius 2 is 2.41 bits per heavy atom. The number of carboxylic acid groups (broad SMARTS) is 1. The lowest BCUT2D eigenvalue weighted by Gasteiger charge is -2.19. The summed E-state index contributed by atoms with van der Waals surface area (Å²) in [5, 5.41) is 12.4. The Labute approximate surface area is 107 Å². The van der Waals surface area contributed by atoms with Crippen molar-refractivity contribution in [3.05, 3.63) is 29.6 Å². The molecule has 1 saturated heterocycles. The van der Waals surface area contributed by atoms with E-state index in [1.54, 1.807) is 18.3 Å². The molecule has 0 aromatic carbocycles. The minimum absolute atomic E-state index is 0. The average Bonchev–Trinajstić information content (AvgIpc) is 2.81. The number of pyridine rings is 1. The summed E-state index contributed by atoms with van der Waals surface area (Å²) in [6.07, 6.45) is 2.76. The molecule has 0 radical (unpaired) electrons. The number of hydrogen-bond acceptors (Lipinski definition) is 3. The molecule has 5 heteroatoms. The molecule has 0 bridgehead atoms. The third-order valence-electron chi connectivity index (χ3n) is 3.31. The van der Waals surface area contributed by atoms with Crippen LogP contribution in [0.3, 0.4) is 0 Å². The average molecular weight is 257 g/mol. The van der Waals surface area contributed by atoms with E-state index in [0.717, 1.165) is 19.5 Å². The number of rotatable bonds is 3.